The summed E-state index contributed by atoms with van der Waals surface area (Å²) < 4.78 is 7.13. The van der Waals surface area contributed by atoms with Gasteiger partial charge in [0, 0.05) is 50.2 Å². The summed E-state index contributed by atoms with van der Waals surface area (Å²) in [7, 11) is 0. The number of carbonyl (C=O) groups excluding carboxylic acids is 1. The van der Waals surface area contributed by atoms with Crippen molar-refractivity contribution in [3.05, 3.63) is 71.7 Å². The molecule has 0 bridgehead atoms. The van der Waals surface area contributed by atoms with Crippen molar-refractivity contribution in [3.8, 4) is 17.3 Å². The van der Waals surface area contributed by atoms with Gasteiger partial charge in [-0.2, -0.15) is 4.98 Å². The number of aromatic nitrogens is 5. The van der Waals surface area contributed by atoms with E-state index in [1.54, 1.807) is 23.3 Å². The van der Waals surface area contributed by atoms with Gasteiger partial charge in [0.25, 0.3) is 11.8 Å². The highest BCUT2D eigenvalue weighted by atomic mass is 16.5. The molecule has 6 rings (SSSR count). The van der Waals surface area contributed by atoms with E-state index in [9.17, 15) is 4.79 Å². The van der Waals surface area contributed by atoms with Gasteiger partial charge in [0.2, 0.25) is 0 Å². The number of hydrogen-bond donors (Lipinski definition) is 0. The molecular weight excluding hydrogens is 442 g/mol. The van der Waals surface area contributed by atoms with E-state index in [-0.39, 0.29) is 5.91 Å². The SMILES string of the molecule is Cc1ccc(C)c(N2CCN(C(=O)c3cn(-c4ccc(-c5nc(C6CC6)no5)cn4)cn3)CC2)c1. The molecule has 1 saturated carbocycles. The van der Waals surface area contributed by atoms with Gasteiger partial charge in [-0.05, 0) is 56.0 Å². The topological polar surface area (TPSA) is 93.2 Å². The molecule has 4 heterocycles. The van der Waals surface area contributed by atoms with Gasteiger partial charge in [-0.15, -0.1) is 0 Å². The lowest BCUT2D eigenvalue weighted by Gasteiger charge is -2.36. The summed E-state index contributed by atoms with van der Waals surface area (Å²) in [6, 6.07) is 10.3. The summed E-state index contributed by atoms with van der Waals surface area (Å²) in [6.45, 7) is 7.18. The number of anilines is 1. The van der Waals surface area contributed by atoms with Crippen LogP contribution in [0.2, 0.25) is 0 Å². The molecule has 1 aliphatic carbocycles. The molecule has 0 spiro atoms. The van der Waals surface area contributed by atoms with E-state index in [0.29, 0.717) is 36.4 Å². The van der Waals surface area contributed by atoms with Crippen LogP contribution in [-0.4, -0.2) is 61.7 Å². The van der Waals surface area contributed by atoms with Crippen molar-refractivity contribution in [1.29, 1.82) is 0 Å². The van der Waals surface area contributed by atoms with Gasteiger partial charge in [-0.3, -0.25) is 9.36 Å². The molecule has 1 amide bonds. The van der Waals surface area contributed by atoms with E-state index in [0.717, 1.165) is 37.3 Å². The molecule has 3 aromatic heterocycles. The Morgan fingerprint density at radius 2 is 1.86 bits per heavy atom. The van der Waals surface area contributed by atoms with E-state index in [1.807, 2.05) is 17.0 Å². The first-order chi connectivity index (χ1) is 17.0. The average Bonchev–Trinajstić information content (AvgIpc) is 3.41. The van der Waals surface area contributed by atoms with Crippen LogP contribution < -0.4 is 4.90 Å². The summed E-state index contributed by atoms with van der Waals surface area (Å²) in [4.78, 5) is 30.6. The Labute approximate surface area is 203 Å². The minimum Gasteiger partial charge on any atom is -0.368 e. The first-order valence-corrected chi connectivity index (χ1v) is 12.0. The van der Waals surface area contributed by atoms with E-state index >= 15 is 0 Å². The number of rotatable bonds is 5. The highest BCUT2D eigenvalue weighted by Crippen LogP contribution is 2.38. The standard InChI is InChI=1S/C26H27N7O2/c1-17-3-4-18(2)22(13-17)31-9-11-32(12-10-31)26(34)21-15-33(16-28-21)23-8-7-20(14-27-23)25-29-24(30-35-25)19-5-6-19/h3-4,7-8,13-16,19H,5-6,9-12H2,1-2H3. The number of nitrogens with zero attached hydrogens (tertiary/aromatic N) is 7. The van der Waals surface area contributed by atoms with Crippen LogP contribution in [-0.2, 0) is 0 Å². The third kappa shape index (κ3) is 4.29. The molecule has 1 aromatic carbocycles. The minimum atomic E-state index is -0.0561. The van der Waals surface area contributed by atoms with Crippen molar-refractivity contribution in [2.24, 2.45) is 0 Å². The molecule has 0 unspecified atom stereocenters. The van der Waals surface area contributed by atoms with Crippen LogP contribution in [0, 0.1) is 13.8 Å². The molecular formula is C26H27N7O2. The largest absolute Gasteiger partial charge is 0.368 e. The second-order valence-electron chi connectivity index (χ2n) is 9.37. The van der Waals surface area contributed by atoms with Crippen molar-refractivity contribution in [3.63, 3.8) is 0 Å². The van der Waals surface area contributed by atoms with E-state index in [4.69, 9.17) is 4.52 Å². The maximum Gasteiger partial charge on any atom is 0.274 e. The van der Waals surface area contributed by atoms with Gasteiger partial charge < -0.3 is 14.3 Å². The fraction of sp³-hybridized carbons (Fsp3) is 0.346. The van der Waals surface area contributed by atoms with E-state index in [2.05, 4.69) is 57.1 Å². The van der Waals surface area contributed by atoms with Crippen LogP contribution in [0.4, 0.5) is 5.69 Å². The predicted molar refractivity (Wildman–Crippen MR) is 131 cm³/mol. The molecule has 1 saturated heterocycles. The van der Waals surface area contributed by atoms with Crippen LogP contribution in [0.25, 0.3) is 17.3 Å². The lowest BCUT2D eigenvalue weighted by atomic mass is 10.1. The lowest BCUT2D eigenvalue weighted by Crippen LogP contribution is -2.49. The number of piperazine rings is 1. The molecule has 4 aromatic rings. The number of hydrogen-bond acceptors (Lipinski definition) is 7. The molecule has 2 aliphatic rings. The maximum absolute atomic E-state index is 13.1. The number of aryl methyl sites for hydroxylation is 2. The van der Waals surface area contributed by atoms with Crippen molar-refractivity contribution in [2.45, 2.75) is 32.6 Å². The Hall–Kier alpha value is -4.01. The highest BCUT2D eigenvalue weighted by Gasteiger charge is 2.29. The monoisotopic (exact) mass is 469 g/mol. The summed E-state index contributed by atoms with van der Waals surface area (Å²) in [5.41, 5.74) is 4.94. The Bertz CT molecular complexity index is 1360. The van der Waals surface area contributed by atoms with Crippen molar-refractivity contribution in [2.75, 3.05) is 31.1 Å². The number of benzene rings is 1. The van der Waals surface area contributed by atoms with Crippen molar-refractivity contribution < 1.29 is 9.32 Å². The molecule has 35 heavy (non-hydrogen) atoms. The van der Waals surface area contributed by atoms with E-state index < -0.39 is 0 Å². The lowest BCUT2D eigenvalue weighted by molar-refractivity contribution is 0.0741. The third-order valence-corrected chi connectivity index (χ3v) is 6.72. The molecule has 0 atom stereocenters. The van der Waals surface area contributed by atoms with Gasteiger partial charge >= 0.3 is 0 Å². The normalized spacial score (nSPS) is 16.1. The Kier molecular flexibility index (Phi) is 5.32. The molecule has 178 valence electrons. The number of amides is 1. The fourth-order valence-electron chi connectivity index (χ4n) is 4.46. The fourth-order valence-corrected chi connectivity index (χ4v) is 4.46. The number of imidazole rings is 1. The summed E-state index contributed by atoms with van der Waals surface area (Å²) in [6.07, 6.45) is 7.31. The second-order valence-corrected chi connectivity index (χ2v) is 9.37. The van der Waals surface area contributed by atoms with E-state index in [1.165, 1.54) is 16.8 Å². The van der Waals surface area contributed by atoms with Gasteiger partial charge in [-0.1, -0.05) is 17.3 Å². The minimum absolute atomic E-state index is 0.0561. The van der Waals surface area contributed by atoms with Gasteiger partial charge in [0.1, 0.15) is 17.8 Å². The second kappa shape index (κ2) is 8.65. The Morgan fingerprint density at radius 1 is 1.03 bits per heavy atom. The number of pyridine rings is 1. The van der Waals surface area contributed by atoms with Crippen molar-refractivity contribution >= 4 is 11.6 Å². The zero-order chi connectivity index (χ0) is 23.9. The maximum atomic E-state index is 13.1. The zero-order valence-electron chi connectivity index (χ0n) is 19.9. The van der Waals surface area contributed by atoms with Gasteiger partial charge in [0.05, 0.1) is 5.56 Å². The Balaban J connectivity index is 1.11. The molecule has 0 radical (unpaired) electrons. The first-order valence-electron chi connectivity index (χ1n) is 12.0. The number of carbonyl (C=O) groups is 1. The highest BCUT2D eigenvalue weighted by molar-refractivity contribution is 5.92. The van der Waals surface area contributed by atoms with Crippen LogP contribution in [0.5, 0.6) is 0 Å². The third-order valence-electron chi connectivity index (χ3n) is 6.72. The quantitative estimate of drug-likeness (QED) is 0.439. The smallest absolute Gasteiger partial charge is 0.274 e. The zero-order valence-corrected chi connectivity index (χ0v) is 19.9. The molecule has 9 heteroatoms. The van der Waals surface area contributed by atoms with Crippen LogP contribution in [0.15, 0.2) is 53.6 Å². The van der Waals surface area contributed by atoms with Gasteiger partial charge in [-0.25, -0.2) is 9.97 Å². The van der Waals surface area contributed by atoms with Crippen LogP contribution >= 0.6 is 0 Å². The summed E-state index contributed by atoms with van der Waals surface area (Å²) in [5, 5.41) is 4.06. The molecule has 9 nitrogen and oxygen atoms in total. The summed E-state index contributed by atoms with van der Waals surface area (Å²) in [5.74, 6) is 2.31. The van der Waals surface area contributed by atoms with Crippen LogP contribution in [0.3, 0.4) is 0 Å². The average molecular weight is 470 g/mol. The summed E-state index contributed by atoms with van der Waals surface area (Å²) >= 11 is 0. The van der Waals surface area contributed by atoms with Crippen LogP contribution in [0.1, 0.15) is 46.2 Å². The molecule has 2 fully saturated rings. The molecule has 0 N–H and O–H groups in total. The molecule has 1 aliphatic heterocycles. The van der Waals surface area contributed by atoms with Crippen molar-refractivity contribution in [1.82, 2.24) is 29.6 Å². The first kappa shape index (κ1) is 21.5. The Morgan fingerprint density at radius 3 is 2.60 bits per heavy atom. The predicted octanol–water partition coefficient (Wildman–Crippen LogP) is 3.77. The van der Waals surface area contributed by atoms with Gasteiger partial charge in [0.15, 0.2) is 5.82 Å².